The summed E-state index contributed by atoms with van der Waals surface area (Å²) in [6.07, 6.45) is -3.01. The van der Waals surface area contributed by atoms with Crippen molar-refractivity contribution in [1.82, 2.24) is 15.1 Å². The molecule has 0 amide bonds. The smallest absolute Gasteiger partial charge is 0.416 e. The van der Waals surface area contributed by atoms with Crippen LogP contribution in [0.25, 0.3) is 11.3 Å². The highest BCUT2D eigenvalue weighted by Gasteiger charge is 2.31. The van der Waals surface area contributed by atoms with Crippen LogP contribution >= 0.6 is 11.6 Å². The first-order chi connectivity index (χ1) is 16.9. The zero-order valence-electron chi connectivity index (χ0n) is 20.5. The summed E-state index contributed by atoms with van der Waals surface area (Å²) in [5.41, 5.74) is 0.837. The molecule has 10 heteroatoms. The van der Waals surface area contributed by atoms with Crippen LogP contribution in [0.5, 0.6) is 5.75 Å². The van der Waals surface area contributed by atoms with Crippen molar-refractivity contribution in [2.24, 2.45) is 0 Å². The van der Waals surface area contributed by atoms with Crippen LogP contribution in [-0.4, -0.2) is 33.5 Å². The number of hydrogen-bond donors (Lipinski definition) is 2. The molecular formula is C26H29ClF3N3O3. The van der Waals surface area contributed by atoms with Gasteiger partial charge in [0.2, 0.25) is 0 Å². The summed E-state index contributed by atoms with van der Waals surface area (Å²) in [6, 6.07) is 11.9. The van der Waals surface area contributed by atoms with Gasteiger partial charge < -0.3 is 15.2 Å². The fourth-order valence-corrected chi connectivity index (χ4v) is 3.95. The van der Waals surface area contributed by atoms with Crippen molar-refractivity contribution in [1.29, 1.82) is 0 Å². The number of aliphatic carboxylic acids is 1. The maximum Gasteiger partial charge on any atom is 0.416 e. The molecule has 1 unspecified atom stereocenters. The summed E-state index contributed by atoms with van der Waals surface area (Å²) >= 11 is 6.41. The lowest BCUT2D eigenvalue weighted by Crippen LogP contribution is -2.38. The molecule has 3 aromatic rings. The van der Waals surface area contributed by atoms with Gasteiger partial charge in [0.25, 0.3) is 0 Å². The molecule has 3 rings (SSSR count). The highest BCUT2D eigenvalue weighted by atomic mass is 35.5. The molecule has 1 atom stereocenters. The molecule has 2 N–H and O–H groups in total. The van der Waals surface area contributed by atoms with Crippen LogP contribution in [0.15, 0.2) is 48.5 Å². The zero-order valence-corrected chi connectivity index (χ0v) is 21.2. The molecule has 0 bridgehead atoms. The number of carboxylic acids is 1. The topological polar surface area (TPSA) is 76.4 Å². The third-order valence-electron chi connectivity index (χ3n) is 5.81. The summed E-state index contributed by atoms with van der Waals surface area (Å²) in [4.78, 5) is 11.4. The molecule has 0 saturated heterocycles. The molecule has 1 heterocycles. The van der Waals surface area contributed by atoms with Gasteiger partial charge in [-0.1, -0.05) is 36.7 Å². The Balaban J connectivity index is 1.86. The fourth-order valence-electron chi connectivity index (χ4n) is 3.73. The van der Waals surface area contributed by atoms with E-state index in [4.69, 9.17) is 16.3 Å². The number of alkyl halides is 3. The first kappa shape index (κ1) is 27.5. The predicted molar refractivity (Wildman–Crippen MR) is 132 cm³/mol. The van der Waals surface area contributed by atoms with E-state index in [-0.39, 0.29) is 16.8 Å². The minimum absolute atomic E-state index is 0.156. The van der Waals surface area contributed by atoms with Crippen LogP contribution in [0, 0.1) is 0 Å². The number of likely N-dealkylation sites (N-methyl/N-ethyl adjacent to an activating group) is 1. The number of carboxylic acid groups (broad SMARTS) is 1. The van der Waals surface area contributed by atoms with Crippen molar-refractivity contribution < 1.29 is 27.8 Å². The second kappa shape index (κ2) is 10.9. The van der Waals surface area contributed by atoms with Gasteiger partial charge in [0.1, 0.15) is 5.75 Å². The predicted octanol–water partition coefficient (Wildman–Crippen LogP) is 6.38. The second-order valence-electron chi connectivity index (χ2n) is 8.97. The first-order valence-electron chi connectivity index (χ1n) is 11.5. The van der Waals surface area contributed by atoms with E-state index in [1.807, 2.05) is 30.8 Å². The Morgan fingerprint density at radius 1 is 1.17 bits per heavy atom. The Morgan fingerprint density at radius 2 is 1.83 bits per heavy atom. The lowest BCUT2D eigenvalue weighted by atomic mass is 10.0. The summed E-state index contributed by atoms with van der Waals surface area (Å²) in [7, 11) is 1.81. The minimum atomic E-state index is -4.39. The number of nitrogens with zero attached hydrogens (tertiary/aromatic N) is 2. The molecule has 6 nitrogen and oxygen atoms in total. The lowest BCUT2D eigenvalue weighted by Gasteiger charge is -2.23. The molecule has 0 spiro atoms. The number of benzene rings is 2. The van der Waals surface area contributed by atoms with Crippen molar-refractivity contribution >= 4 is 17.6 Å². The van der Waals surface area contributed by atoms with Gasteiger partial charge in [0.05, 0.1) is 16.3 Å². The summed E-state index contributed by atoms with van der Waals surface area (Å²) in [5.74, 6) is -0.841. The van der Waals surface area contributed by atoms with Crippen molar-refractivity contribution in [3.05, 3.63) is 70.4 Å². The van der Waals surface area contributed by atoms with Crippen molar-refractivity contribution in [3.8, 4) is 17.0 Å². The monoisotopic (exact) mass is 523 g/mol. The quantitative estimate of drug-likeness (QED) is 0.322. The van der Waals surface area contributed by atoms with Crippen LogP contribution in [0.3, 0.4) is 0 Å². The van der Waals surface area contributed by atoms with E-state index in [0.29, 0.717) is 24.2 Å². The van der Waals surface area contributed by atoms with Gasteiger partial charge in [0, 0.05) is 30.3 Å². The largest absolute Gasteiger partial charge is 0.478 e. The number of hydrogen-bond acceptors (Lipinski definition) is 4. The van der Waals surface area contributed by atoms with Gasteiger partial charge in [-0.3, -0.25) is 4.68 Å². The molecule has 0 fully saturated rings. The van der Waals surface area contributed by atoms with Crippen molar-refractivity contribution in [2.75, 3.05) is 7.05 Å². The van der Waals surface area contributed by atoms with E-state index in [0.717, 1.165) is 29.8 Å². The normalized spacial score (nSPS) is 13.0. The SMILES string of the molecule is CCCn1nc(-c2ccc(C(F)(F)F)cc2)cc1CC(NC)c1ccc(OC(C)(C)C(=O)O)c(Cl)c1. The molecule has 0 aliphatic heterocycles. The maximum atomic E-state index is 12.9. The Labute approximate surface area is 213 Å². The molecule has 2 aromatic carbocycles. The molecule has 0 aliphatic rings. The van der Waals surface area contributed by atoms with E-state index in [2.05, 4.69) is 10.4 Å². The van der Waals surface area contributed by atoms with E-state index in [1.165, 1.54) is 26.0 Å². The Morgan fingerprint density at radius 3 is 2.36 bits per heavy atom. The highest BCUT2D eigenvalue weighted by molar-refractivity contribution is 6.32. The van der Waals surface area contributed by atoms with Crippen molar-refractivity contribution in [3.63, 3.8) is 0 Å². The van der Waals surface area contributed by atoms with Gasteiger partial charge in [-0.05, 0) is 63.2 Å². The minimum Gasteiger partial charge on any atom is -0.478 e. The summed E-state index contributed by atoms with van der Waals surface area (Å²) in [6.45, 7) is 5.57. The molecule has 1 aromatic heterocycles. The van der Waals surface area contributed by atoms with E-state index < -0.39 is 23.3 Å². The van der Waals surface area contributed by atoms with Gasteiger partial charge in [-0.15, -0.1) is 0 Å². The van der Waals surface area contributed by atoms with Crippen LogP contribution in [-0.2, 0) is 23.9 Å². The van der Waals surface area contributed by atoms with Crippen LogP contribution in [0.1, 0.15) is 50.1 Å². The van der Waals surface area contributed by atoms with E-state index >= 15 is 0 Å². The second-order valence-corrected chi connectivity index (χ2v) is 9.38. The third kappa shape index (κ3) is 6.39. The van der Waals surface area contributed by atoms with Crippen LogP contribution in [0.4, 0.5) is 13.2 Å². The first-order valence-corrected chi connectivity index (χ1v) is 11.9. The molecule has 0 saturated carbocycles. The summed E-state index contributed by atoms with van der Waals surface area (Å²) < 4.78 is 46.2. The number of halogens is 4. The average Bonchev–Trinajstić information content (AvgIpc) is 3.21. The number of rotatable bonds is 10. The van der Waals surface area contributed by atoms with E-state index in [1.54, 1.807) is 12.1 Å². The number of aromatic nitrogens is 2. The summed E-state index contributed by atoms with van der Waals surface area (Å²) in [5, 5.41) is 17.5. The number of aryl methyl sites for hydroxylation is 1. The average molecular weight is 524 g/mol. The van der Waals surface area contributed by atoms with E-state index in [9.17, 15) is 23.1 Å². The lowest BCUT2D eigenvalue weighted by molar-refractivity contribution is -0.152. The molecule has 36 heavy (non-hydrogen) atoms. The van der Waals surface area contributed by atoms with Gasteiger partial charge in [-0.2, -0.15) is 18.3 Å². The number of nitrogens with one attached hydrogen (secondary N) is 1. The fraction of sp³-hybridized carbons (Fsp3) is 0.385. The Hall–Kier alpha value is -3.04. The number of ether oxygens (including phenoxy) is 1. The third-order valence-corrected chi connectivity index (χ3v) is 6.10. The Kier molecular flexibility index (Phi) is 8.36. The molecule has 194 valence electrons. The molecular weight excluding hydrogens is 495 g/mol. The molecule has 0 aliphatic carbocycles. The maximum absolute atomic E-state index is 12.9. The van der Waals surface area contributed by atoms with Gasteiger partial charge >= 0.3 is 12.1 Å². The zero-order chi connectivity index (χ0) is 26.7. The van der Waals surface area contributed by atoms with Crippen LogP contribution in [0.2, 0.25) is 5.02 Å². The van der Waals surface area contributed by atoms with Gasteiger partial charge in [-0.25, -0.2) is 4.79 Å². The number of carbonyl (C=O) groups is 1. The van der Waals surface area contributed by atoms with Gasteiger partial charge in [0.15, 0.2) is 5.60 Å². The Bertz CT molecular complexity index is 1210. The van der Waals surface area contributed by atoms with Crippen LogP contribution < -0.4 is 10.1 Å². The highest BCUT2D eigenvalue weighted by Crippen LogP contribution is 2.33. The van der Waals surface area contributed by atoms with Crippen molar-refractivity contribution in [2.45, 2.75) is 58.0 Å². The standard InChI is InChI=1S/C26H29ClF3N3O3/c1-5-12-33-19(15-22(32-33)16-6-9-18(10-7-16)26(28,29)30)14-21(31-4)17-8-11-23(20(27)13-17)36-25(2,3)24(34)35/h6-11,13,15,21,31H,5,12,14H2,1-4H3,(H,34,35). The molecule has 0 radical (unpaired) electrons.